The minimum absolute atomic E-state index is 0.241. The molecule has 0 fully saturated rings. The molecule has 0 aliphatic heterocycles. The quantitative estimate of drug-likeness (QED) is 0.532. The number of nitrogens with zero attached hydrogens (tertiary/aromatic N) is 3. The average Bonchev–Trinajstić information content (AvgIpc) is 2.45. The lowest BCUT2D eigenvalue weighted by molar-refractivity contribution is 0.283. The van der Waals surface area contributed by atoms with Crippen LogP contribution in [-0.4, -0.2) is 46.4 Å². The Morgan fingerprint density at radius 2 is 1.65 bits per heavy atom. The summed E-state index contributed by atoms with van der Waals surface area (Å²) in [5.74, 6) is 1.05. The van der Waals surface area contributed by atoms with Crippen molar-refractivity contribution >= 4 is 11.9 Å². The van der Waals surface area contributed by atoms with E-state index in [1.807, 2.05) is 6.92 Å². The van der Waals surface area contributed by atoms with Gasteiger partial charge in [-0.05, 0) is 32.6 Å². The zero-order chi connectivity index (χ0) is 14.6. The van der Waals surface area contributed by atoms with Crippen LogP contribution in [0.2, 0.25) is 0 Å². The van der Waals surface area contributed by atoms with Crippen molar-refractivity contribution in [2.24, 2.45) is 0 Å². The number of anilines is 2. The normalized spacial score (nSPS) is 10.3. The summed E-state index contributed by atoms with van der Waals surface area (Å²) in [5.41, 5.74) is 0. The van der Waals surface area contributed by atoms with E-state index in [4.69, 9.17) is 9.84 Å². The number of hydrogen-bond acceptors (Lipinski definition) is 7. The third kappa shape index (κ3) is 6.51. The second-order valence-corrected chi connectivity index (χ2v) is 4.34. The molecule has 7 heteroatoms. The fraction of sp³-hybridized carbons (Fsp3) is 0.769. The summed E-state index contributed by atoms with van der Waals surface area (Å²) in [4.78, 5) is 12.7. The fourth-order valence-corrected chi connectivity index (χ4v) is 1.56. The SMILES string of the molecule is CCCNc1nc(NCCCCCO)nc(OCC)n1. The van der Waals surface area contributed by atoms with Crippen LogP contribution in [0.5, 0.6) is 6.01 Å². The number of aliphatic hydroxyl groups excluding tert-OH is 1. The molecular weight excluding hydrogens is 258 g/mol. The molecule has 0 saturated carbocycles. The van der Waals surface area contributed by atoms with Crippen molar-refractivity contribution in [1.82, 2.24) is 15.0 Å². The van der Waals surface area contributed by atoms with Crippen LogP contribution in [0.1, 0.15) is 39.5 Å². The van der Waals surface area contributed by atoms with Crippen molar-refractivity contribution in [3.63, 3.8) is 0 Å². The monoisotopic (exact) mass is 283 g/mol. The molecule has 1 rings (SSSR count). The lowest BCUT2D eigenvalue weighted by Crippen LogP contribution is -2.12. The van der Waals surface area contributed by atoms with E-state index in [1.54, 1.807) is 0 Å². The van der Waals surface area contributed by atoms with Gasteiger partial charge in [0.1, 0.15) is 0 Å². The van der Waals surface area contributed by atoms with Gasteiger partial charge in [0.05, 0.1) is 6.61 Å². The van der Waals surface area contributed by atoms with Crippen molar-refractivity contribution in [2.45, 2.75) is 39.5 Å². The molecule has 0 spiro atoms. The van der Waals surface area contributed by atoms with Gasteiger partial charge < -0.3 is 20.5 Å². The first kappa shape index (κ1) is 16.4. The molecule has 1 aromatic rings. The Morgan fingerprint density at radius 3 is 2.25 bits per heavy atom. The van der Waals surface area contributed by atoms with Gasteiger partial charge in [0.15, 0.2) is 0 Å². The second kappa shape index (κ2) is 10.2. The molecule has 0 unspecified atom stereocenters. The van der Waals surface area contributed by atoms with E-state index >= 15 is 0 Å². The molecule has 0 amide bonds. The maximum atomic E-state index is 8.72. The number of unbranched alkanes of at least 4 members (excludes halogenated alkanes) is 2. The van der Waals surface area contributed by atoms with Gasteiger partial charge in [0.2, 0.25) is 11.9 Å². The number of rotatable bonds is 11. The Hall–Kier alpha value is -1.63. The summed E-state index contributed by atoms with van der Waals surface area (Å²) in [6.07, 6.45) is 3.77. The summed E-state index contributed by atoms with van der Waals surface area (Å²) in [7, 11) is 0. The number of aromatic nitrogens is 3. The molecule has 0 aliphatic rings. The van der Waals surface area contributed by atoms with E-state index in [-0.39, 0.29) is 6.61 Å². The van der Waals surface area contributed by atoms with Gasteiger partial charge >= 0.3 is 6.01 Å². The van der Waals surface area contributed by atoms with E-state index in [1.165, 1.54) is 0 Å². The molecule has 0 bridgehead atoms. The van der Waals surface area contributed by atoms with E-state index in [0.717, 1.165) is 38.8 Å². The van der Waals surface area contributed by atoms with Crippen LogP contribution in [0.4, 0.5) is 11.9 Å². The highest BCUT2D eigenvalue weighted by Gasteiger charge is 2.06. The zero-order valence-corrected chi connectivity index (χ0v) is 12.4. The largest absolute Gasteiger partial charge is 0.464 e. The van der Waals surface area contributed by atoms with Gasteiger partial charge in [0.25, 0.3) is 0 Å². The second-order valence-electron chi connectivity index (χ2n) is 4.34. The molecule has 7 nitrogen and oxygen atoms in total. The Bertz CT molecular complexity index is 376. The van der Waals surface area contributed by atoms with Crippen molar-refractivity contribution < 1.29 is 9.84 Å². The number of hydrogen-bond donors (Lipinski definition) is 3. The van der Waals surface area contributed by atoms with Gasteiger partial charge in [0, 0.05) is 19.7 Å². The third-order valence-corrected chi connectivity index (χ3v) is 2.54. The molecule has 20 heavy (non-hydrogen) atoms. The maximum Gasteiger partial charge on any atom is 0.323 e. The Balaban J connectivity index is 2.55. The standard InChI is InChI=1S/C13H25N5O2/c1-3-8-14-11-16-12(15-9-6-5-7-10-19)18-13(17-11)20-4-2/h19H,3-10H2,1-2H3,(H2,14,15,16,17,18). The molecule has 0 aromatic carbocycles. The first-order chi connectivity index (χ1) is 9.80. The maximum absolute atomic E-state index is 8.72. The van der Waals surface area contributed by atoms with Gasteiger partial charge in [-0.25, -0.2) is 0 Å². The number of nitrogens with one attached hydrogen (secondary N) is 2. The van der Waals surface area contributed by atoms with Crippen LogP contribution in [0, 0.1) is 0 Å². The molecule has 0 radical (unpaired) electrons. The van der Waals surface area contributed by atoms with E-state index < -0.39 is 0 Å². The van der Waals surface area contributed by atoms with Crippen molar-refractivity contribution in [1.29, 1.82) is 0 Å². The van der Waals surface area contributed by atoms with Crippen LogP contribution in [0.25, 0.3) is 0 Å². The first-order valence-corrected chi connectivity index (χ1v) is 7.27. The topological polar surface area (TPSA) is 92.2 Å². The summed E-state index contributed by atoms with van der Waals surface area (Å²) in [5, 5.41) is 15.0. The molecule has 1 heterocycles. The van der Waals surface area contributed by atoms with Crippen molar-refractivity contribution in [3.05, 3.63) is 0 Å². The Morgan fingerprint density at radius 1 is 0.950 bits per heavy atom. The Kier molecular flexibility index (Phi) is 8.37. The predicted octanol–water partition coefficient (Wildman–Crippen LogP) is 1.67. The third-order valence-electron chi connectivity index (χ3n) is 2.54. The van der Waals surface area contributed by atoms with Crippen molar-refractivity contribution in [2.75, 3.05) is 36.9 Å². The van der Waals surface area contributed by atoms with Crippen LogP contribution in [0.15, 0.2) is 0 Å². The van der Waals surface area contributed by atoms with Gasteiger partial charge in [-0.1, -0.05) is 6.92 Å². The minimum Gasteiger partial charge on any atom is -0.464 e. The summed E-state index contributed by atoms with van der Waals surface area (Å²) in [6.45, 7) is 6.32. The molecule has 0 aliphatic carbocycles. The number of ether oxygens (including phenoxy) is 1. The Labute approximate surface area is 120 Å². The highest BCUT2D eigenvalue weighted by Crippen LogP contribution is 2.11. The fourth-order valence-electron chi connectivity index (χ4n) is 1.56. The first-order valence-electron chi connectivity index (χ1n) is 7.27. The average molecular weight is 283 g/mol. The molecule has 1 aromatic heterocycles. The van der Waals surface area contributed by atoms with Crippen molar-refractivity contribution in [3.8, 4) is 6.01 Å². The molecule has 3 N–H and O–H groups in total. The summed E-state index contributed by atoms with van der Waals surface area (Å²) < 4.78 is 5.34. The van der Waals surface area contributed by atoms with E-state index in [2.05, 4.69) is 32.5 Å². The highest BCUT2D eigenvalue weighted by molar-refractivity contribution is 5.35. The minimum atomic E-state index is 0.241. The van der Waals surface area contributed by atoms with Crippen LogP contribution in [0.3, 0.4) is 0 Å². The van der Waals surface area contributed by atoms with E-state index in [9.17, 15) is 0 Å². The van der Waals surface area contributed by atoms with Crippen LogP contribution >= 0.6 is 0 Å². The number of aliphatic hydroxyl groups is 1. The smallest absolute Gasteiger partial charge is 0.323 e. The predicted molar refractivity (Wildman–Crippen MR) is 79.2 cm³/mol. The summed E-state index contributed by atoms with van der Waals surface area (Å²) in [6, 6.07) is 0.332. The lowest BCUT2D eigenvalue weighted by atomic mass is 10.2. The molecule has 0 saturated heterocycles. The van der Waals surface area contributed by atoms with Gasteiger partial charge in [-0.2, -0.15) is 15.0 Å². The van der Waals surface area contributed by atoms with E-state index in [0.29, 0.717) is 24.5 Å². The van der Waals surface area contributed by atoms with Gasteiger partial charge in [-0.3, -0.25) is 0 Å². The molecular formula is C13H25N5O2. The van der Waals surface area contributed by atoms with Gasteiger partial charge in [-0.15, -0.1) is 0 Å². The zero-order valence-electron chi connectivity index (χ0n) is 12.4. The van der Waals surface area contributed by atoms with Crippen LogP contribution < -0.4 is 15.4 Å². The summed E-state index contributed by atoms with van der Waals surface area (Å²) >= 11 is 0. The highest BCUT2D eigenvalue weighted by atomic mass is 16.5. The lowest BCUT2D eigenvalue weighted by Gasteiger charge is -2.09. The molecule has 114 valence electrons. The molecule has 0 atom stereocenters. The van der Waals surface area contributed by atoms with Crippen LogP contribution in [-0.2, 0) is 0 Å².